The number of hydrogen-bond acceptors (Lipinski definition) is 4. The number of morpholine rings is 1. The first kappa shape index (κ1) is 24.4. The Labute approximate surface area is 207 Å². The molecule has 0 unspecified atom stereocenters. The molecule has 1 aromatic heterocycles. The fourth-order valence-corrected chi connectivity index (χ4v) is 3.97. The standard InChI is InChI=1S/C25H31N5O.HI/c1-26-25(28-13-11-21-9-4-8-20-10-5-12-27-24(20)21)29-18-22-6-2-3-7-23(22)19-30-14-16-31-17-15-30;/h2-10,12H,11,13-19H2,1H3,(H2,26,28,29);1H. The van der Waals surface area contributed by atoms with E-state index < -0.39 is 0 Å². The van der Waals surface area contributed by atoms with Crippen LogP contribution in [0, 0.1) is 0 Å². The van der Waals surface area contributed by atoms with Crippen molar-refractivity contribution in [3.05, 3.63) is 77.5 Å². The van der Waals surface area contributed by atoms with Crippen LogP contribution >= 0.6 is 24.0 Å². The monoisotopic (exact) mass is 545 g/mol. The average molecular weight is 545 g/mol. The number of benzene rings is 2. The second-order valence-electron chi connectivity index (χ2n) is 7.75. The predicted molar refractivity (Wildman–Crippen MR) is 142 cm³/mol. The van der Waals surface area contributed by atoms with Crippen LogP contribution in [0.25, 0.3) is 10.9 Å². The van der Waals surface area contributed by atoms with Crippen molar-refractivity contribution in [2.75, 3.05) is 39.9 Å². The highest BCUT2D eigenvalue weighted by molar-refractivity contribution is 14.0. The summed E-state index contributed by atoms with van der Waals surface area (Å²) in [7, 11) is 1.81. The van der Waals surface area contributed by atoms with E-state index in [4.69, 9.17) is 4.74 Å². The Morgan fingerprint density at radius 2 is 1.72 bits per heavy atom. The van der Waals surface area contributed by atoms with Crippen LogP contribution in [0.15, 0.2) is 65.8 Å². The van der Waals surface area contributed by atoms with Crippen molar-refractivity contribution in [2.24, 2.45) is 4.99 Å². The Bertz CT molecular complexity index is 1010. The molecule has 1 aliphatic heterocycles. The summed E-state index contributed by atoms with van der Waals surface area (Å²) < 4.78 is 5.47. The van der Waals surface area contributed by atoms with Gasteiger partial charge >= 0.3 is 0 Å². The minimum absolute atomic E-state index is 0. The molecule has 0 aliphatic carbocycles. The number of pyridine rings is 1. The maximum absolute atomic E-state index is 5.47. The van der Waals surface area contributed by atoms with E-state index in [1.165, 1.54) is 22.1 Å². The Hall–Kier alpha value is -2.23. The topological polar surface area (TPSA) is 61.8 Å². The number of hydrogen-bond donors (Lipinski definition) is 2. The molecule has 0 radical (unpaired) electrons. The zero-order valence-corrected chi connectivity index (χ0v) is 20.9. The molecule has 32 heavy (non-hydrogen) atoms. The molecule has 0 atom stereocenters. The van der Waals surface area contributed by atoms with Crippen molar-refractivity contribution in [2.45, 2.75) is 19.5 Å². The predicted octanol–water partition coefficient (Wildman–Crippen LogP) is 3.59. The van der Waals surface area contributed by atoms with E-state index in [-0.39, 0.29) is 24.0 Å². The fraction of sp³-hybridized carbons (Fsp3) is 0.360. The van der Waals surface area contributed by atoms with Crippen LogP contribution in [-0.4, -0.2) is 55.7 Å². The van der Waals surface area contributed by atoms with Gasteiger partial charge in [-0.25, -0.2) is 0 Å². The largest absolute Gasteiger partial charge is 0.379 e. The molecular formula is C25H32IN5O. The van der Waals surface area contributed by atoms with Gasteiger partial charge in [0, 0.05) is 51.4 Å². The average Bonchev–Trinajstić information content (AvgIpc) is 2.83. The highest BCUT2D eigenvalue weighted by atomic mass is 127. The van der Waals surface area contributed by atoms with E-state index in [0.717, 1.165) is 63.8 Å². The Balaban J connectivity index is 0.00000289. The molecule has 3 aromatic rings. The normalized spacial score (nSPS) is 14.7. The smallest absolute Gasteiger partial charge is 0.191 e. The number of para-hydroxylation sites is 1. The maximum Gasteiger partial charge on any atom is 0.191 e. The first-order valence-electron chi connectivity index (χ1n) is 11.0. The second kappa shape index (κ2) is 12.7. The quantitative estimate of drug-likeness (QED) is 0.270. The van der Waals surface area contributed by atoms with Gasteiger partial charge in [0.25, 0.3) is 0 Å². The summed E-state index contributed by atoms with van der Waals surface area (Å²) in [5.41, 5.74) is 4.98. The van der Waals surface area contributed by atoms with Gasteiger partial charge in [-0.3, -0.25) is 14.9 Å². The zero-order chi connectivity index (χ0) is 21.3. The Kier molecular flexibility index (Phi) is 9.70. The zero-order valence-electron chi connectivity index (χ0n) is 18.6. The first-order chi connectivity index (χ1) is 15.3. The van der Waals surface area contributed by atoms with E-state index in [1.807, 2.05) is 19.3 Å². The van der Waals surface area contributed by atoms with Crippen LogP contribution in [0.3, 0.4) is 0 Å². The molecule has 2 heterocycles. The van der Waals surface area contributed by atoms with Crippen molar-refractivity contribution in [3.63, 3.8) is 0 Å². The number of aromatic nitrogens is 1. The molecule has 2 aromatic carbocycles. The molecule has 170 valence electrons. The van der Waals surface area contributed by atoms with Crippen LogP contribution in [0.4, 0.5) is 0 Å². The number of fused-ring (bicyclic) bond motifs is 1. The van der Waals surface area contributed by atoms with Gasteiger partial charge in [-0.15, -0.1) is 24.0 Å². The molecule has 2 N–H and O–H groups in total. The lowest BCUT2D eigenvalue weighted by atomic mass is 10.1. The van der Waals surface area contributed by atoms with Gasteiger partial charge < -0.3 is 15.4 Å². The Morgan fingerprint density at radius 3 is 2.53 bits per heavy atom. The van der Waals surface area contributed by atoms with Crippen LogP contribution in [0.2, 0.25) is 0 Å². The highest BCUT2D eigenvalue weighted by Crippen LogP contribution is 2.16. The Morgan fingerprint density at radius 1 is 0.969 bits per heavy atom. The highest BCUT2D eigenvalue weighted by Gasteiger charge is 2.13. The number of rotatable bonds is 7. The van der Waals surface area contributed by atoms with Crippen LogP contribution in [0.5, 0.6) is 0 Å². The third-order valence-corrected chi connectivity index (χ3v) is 5.69. The third kappa shape index (κ3) is 6.63. The number of nitrogens with zero attached hydrogens (tertiary/aromatic N) is 3. The lowest BCUT2D eigenvalue weighted by Crippen LogP contribution is -2.38. The molecule has 7 heteroatoms. The van der Waals surface area contributed by atoms with Crippen molar-refractivity contribution in [3.8, 4) is 0 Å². The maximum atomic E-state index is 5.47. The van der Waals surface area contributed by atoms with Gasteiger partial charge in [0.15, 0.2) is 5.96 Å². The van der Waals surface area contributed by atoms with E-state index in [2.05, 4.69) is 74.0 Å². The number of guanidine groups is 1. The van der Waals surface area contributed by atoms with E-state index in [1.54, 1.807) is 0 Å². The lowest BCUT2D eigenvalue weighted by molar-refractivity contribution is 0.0341. The molecule has 0 bridgehead atoms. The van der Waals surface area contributed by atoms with Crippen LogP contribution < -0.4 is 10.6 Å². The summed E-state index contributed by atoms with van der Waals surface area (Å²) in [5, 5.41) is 8.08. The van der Waals surface area contributed by atoms with Crippen molar-refractivity contribution >= 4 is 40.8 Å². The fourth-order valence-electron chi connectivity index (χ4n) is 3.97. The third-order valence-electron chi connectivity index (χ3n) is 5.69. The van der Waals surface area contributed by atoms with Crippen molar-refractivity contribution in [1.82, 2.24) is 20.5 Å². The number of nitrogens with one attached hydrogen (secondary N) is 2. The van der Waals surface area contributed by atoms with Crippen molar-refractivity contribution in [1.29, 1.82) is 0 Å². The van der Waals surface area contributed by atoms with E-state index in [0.29, 0.717) is 0 Å². The van der Waals surface area contributed by atoms with E-state index >= 15 is 0 Å². The minimum Gasteiger partial charge on any atom is -0.379 e. The SMILES string of the molecule is CN=C(NCCc1cccc2cccnc12)NCc1ccccc1CN1CCOCC1.I. The summed E-state index contributed by atoms with van der Waals surface area (Å²) in [6, 6.07) is 19.1. The van der Waals surface area contributed by atoms with Crippen molar-refractivity contribution < 1.29 is 4.74 Å². The molecule has 6 nitrogen and oxygen atoms in total. The molecule has 1 aliphatic rings. The molecular weight excluding hydrogens is 513 g/mol. The van der Waals surface area contributed by atoms with Gasteiger partial charge in [-0.1, -0.05) is 48.5 Å². The van der Waals surface area contributed by atoms with E-state index in [9.17, 15) is 0 Å². The summed E-state index contributed by atoms with van der Waals surface area (Å²) in [4.78, 5) is 11.4. The molecule has 0 amide bonds. The summed E-state index contributed by atoms with van der Waals surface area (Å²) in [6.07, 6.45) is 2.75. The molecule has 4 rings (SSSR count). The van der Waals surface area contributed by atoms with Gasteiger partial charge in [-0.2, -0.15) is 0 Å². The number of aliphatic imine (C=N–C) groups is 1. The number of ether oxygens (including phenoxy) is 1. The summed E-state index contributed by atoms with van der Waals surface area (Å²) >= 11 is 0. The second-order valence-corrected chi connectivity index (χ2v) is 7.75. The molecule has 1 fully saturated rings. The van der Waals surface area contributed by atoms with Crippen LogP contribution in [-0.2, 0) is 24.2 Å². The van der Waals surface area contributed by atoms with Gasteiger partial charge in [0.1, 0.15) is 0 Å². The summed E-state index contributed by atoms with van der Waals surface area (Å²) in [6.45, 7) is 6.14. The van der Waals surface area contributed by atoms with Crippen LogP contribution in [0.1, 0.15) is 16.7 Å². The van der Waals surface area contributed by atoms with Gasteiger partial charge in [-0.05, 0) is 29.2 Å². The number of halogens is 1. The minimum atomic E-state index is 0. The lowest BCUT2D eigenvalue weighted by Gasteiger charge is -2.27. The van der Waals surface area contributed by atoms with Gasteiger partial charge in [0.2, 0.25) is 0 Å². The molecule has 0 saturated carbocycles. The summed E-state index contributed by atoms with van der Waals surface area (Å²) in [5.74, 6) is 0.814. The molecule has 0 spiro atoms. The molecule has 1 saturated heterocycles. The van der Waals surface area contributed by atoms with Gasteiger partial charge in [0.05, 0.1) is 18.7 Å². The first-order valence-corrected chi connectivity index (χ1v) is 11.0.